The summed E-state index contributed by atoms with van der Waals surface area (Å²) in [4.78, 5) is 0. The zero-order valence-electron chi connectivity index (χ0n) is 11.0. The largest absolute Gasteiger partial charge is 0.328 e. The van der Waals surface area contributed by atoms with Gasteiger partial charge in [-0.25, -0.2) is 0 Å². The predicted molar refractivity (Wildman–Crippen MR) is 71.6 cm³/mol. The second-order valence-electron chi connectivity index (χ2n) is 5.38. The molecule has 2 aliphatic carbocycles. The van der Waals surface area contributed by atoms with E-state index in [1.54, 1.807) is 0 Å². The third-order valence-electron chi connectivity index (χ3n) is 3.91. The Morgan fingerprint density at radius 3 is 1.62 bits per heavy atom. The fourth-order valence-electron chi connectivity index (χ4n) is 2.70. The van der Waals surface area contributed by atoms with E-state index in [2.05, 4.69) is 12.4 Å². The van der Waals surface area contributed by atoms with Crippen LogP contribution in [-0.2, 0) is 0 Å². The monoisotopic (exact) mass is 226 g/mol. The van der Waals surface area contributed by atoms with E-state index in [-0.39, 0.29) is 0 Å². The molecule has 2 fully saturated rings. The third kappa shape index (κ3) is 6.49. The van der Waals surface area contributed by atoms with Crippen molar-refractivity contribution in [1.82, 2.24) is 5.32 Å². The molecular weight excluding hydrogens is 196 g/mol. The number of hydrogen-bond acceptors (Lipinski definition) is 2. The summed E-state index contributed by atoms with van der Waals surface area (Å²) in [6, 6.07) is 1.36. The van der Waals surface area contributed by atoms with Gasteiger partial charge in [-0.15, -0.1) is 0 Å². The van der Waals surface area contributed by atoms with Gasteiger partial charge in [0.25, 0.3) is 0 Å². The molecule has 0 aromatic rings. The maximum absolute atomic E-state index is 5.73. The lowest BCUT2D eigenvalue weighted by Crippen LogP contribution is -2.26. The summed E-state index contributed by atoms with van der Waals surface area (Å²) >= 11 is 0. The Kier molecular flexibility index (Phi) is 7.87. The molecule has 16 heavy (non-hydrogen) atoms. The van der Waals surface area contributed by atoms with E-state index in [1.165, 1.54) is 70.6 Å². The minimum absolute atomic E-state index is 0.525. The molecule has 0 aliphatic heterocycles. The Balaban J connectivity index is 0.000000160. The Bertz CT molecular complexity index is 145. The van der Waals surface area contributed by atoms with Crippen LogP contribution in [-0.4, -0.2) is 19.1 Å². The van der Waals surface area contributed by atoms with Crippen molar-refractivity contribution in [3.05, 3.63) is 0 Å². The lowest BCUT2D eigenvalue weighted by atomic mass is 9.96. The molecule has 0 saturated heterocycles. The molecule has 2 heteroatoms. The first-order valence-electron chi connectivity index (χ1n) is 7.26. The van der Waals surface area contributed by atoms with Crippen LogP contribution in [0, 0.1) is 0 Å². The van der Waals surface area contributed by atoms with Gasteiger partial charge in [0.2, 0.25) is 0 Å². The molecule has 2 saturated carbocycles. The average Bonchev–Trinajstić information content (AvgIpc) is 2.59. The second kappa shape index (κ2) is 9.00. The predicted octanol–water partition coefficient (Wildman–Crippen LogP) is 3.21. The molecule has 0 amide bonds. The maximum atomic E-state index is 5.73. The first-order chi connectivity index (χ1) is 7.83. The van der Waals surface area contributed by atoms with E-state index in [0.717, 1.165) is 6.04 Å². The number of hydrogen-bond donors (Lipinski definition) is 2. The highest BCUT2D eigenvalue weighted by atomic mass is 14.9. The summed E-state index contributed by atoms with van der Waals surface area (Å²) in [5, 5.41) is 3.30. The van der Waals surface area contributed by atoms with Crippen molar-refractivity contribution in [1.29, 1.82) is 0 Å². The van der Waals surface area contributed by atoms with E-state index in [4.69, 9.17) is 5.73 Å². The highest BCUT2D eigenvalue weighted by Gasteiger charge is 2.09. The quantitative estimate of drug-likeness (QED) is 0.674. The second-order valence-corrected chi connectivity index (χ2v) is 5.38. The fraction of sp³-hybridized carbons (Fsp3) is 1.00. The molecule has 0 atom stereocenters. The molecule has 2 rings (SSSR count). The fourth-order valence-corrected chi connectivity index (χ4v) is 2.70. The van der Waals surface area contributed by atoms with Crippen molar-refractivity contribution in [2.24, 2.45) is 5.73 Å². The number of nitrogens with two attached hydrogens (primary N) is 1. The van der Waals surface area contributed by atoms with Crippen LogP contribution in [0.15, 0.2) is 0 Å². The van der Waals surface area contributed by atoms with Crippen LogP contribution in [0.3, 0.4) is 0 Å². The van der Waals surface area contributed by atoms with Crippen molar-refractivity contribution in [2.45, 2.75) is 82.7 Å². The Morgan fingerprint density at radius 1 is 0.750 bits per heavy atom. The van der Waals surface area contributed by atoms with Crippen molar-refractivity contribution in [3.63, 3.8) is 0 Å². The van der Waals surface area contributed by atoms with Crippen LogP contribution in [0.2, 0.25) is 0 Å². The summed E-state index contributed by atoms with van der Waals surface area (Å²) < 4.78 is 0. The molecule has 0 heterocycles. The van der Waals surface area contributed by atoms with Crippen LogP contribution in [0.4, 0.5) is 0 Å². The first-order valence-corrected chi connectivity index (χ1v) is 7.26. The molecular formula is C14H30N2. The molecule has 96 valence electrons. The van der Waals surface area contributed by atoms with E-state index < -0.39 is 0 Å². The van der Waals surface area contributed by atoms with Crippen molar-refractivity contribution in [2.75, 3.05) is 7.05 Å². The zero-order chi connectivity index (χ0) is 11.6. The van der Waals surface area contributed by atoms with Gasteiger partial charge < -0.3 is 11.1 Å². The normalized spacial score (nSPS) is 24.4. The SMILES string of the molecule is CNC1CCCCC1.NC1CCCCCC1. The average molecular weight is 226 g/mol. The van der Waals surface area contributed by atoms with E-state index in [0.29, 0.717) is 6.04 Å². The Labute approximate surface area is 101 Å². The van der Waals surface area contributed by atoms with Gasteiger partial charge >= 0.3 is 0 Å². The van der Waals surface area contributed by atoms with Gasteiger partial charge in [-0.05, 0) is 32.7 Å². The molecule has 0 spiro atoms. The molecule has 0 radical (unpaired) electrons. The molecule has 0 aromatic heterocycles. The highest BCUT2D eigenvalue weighted by Crippen LogP contribution is 2.16. The van der Waals surface area contributed by atoms with Crippen LogP contribution in [0.1, 0.15) is 70.6 Å². The van der Waals surface area contributed by atoms with Crippen LogP contribution in [0.25, 0.3) is 0 Å². The van der Waals surface area contributed by atoms with Crippen LogP contribution >= 0.6 is 0 Å². The minimum Gasteiger partial charge on any atom is -0.328 e. The molecule has 2 nitrogen and oxygen atoms in total. The van der Waals surface area contributed by atoms with Gasteiger partial charge in [0.1, 0.15) is 0 Å². The van der Waals surface area contributed by atoms with Crippen LogP contribution in [0.5, 0.6) is 0 Å². The number of rotatable bonds is 1. The van der Waals surface area contributed by atoms with Gasteiger partial charge in [-0.3, -0.25) is 0 Å². The first kappa shape index (κ1) is 14.0. The lowest BCUT2D eigenvalue weighted by Gasteiger charge is -2.20. The molecule has 0 unspecified atom stereocenters. The molecule has 0 aromatic carbocycles. The van der Waals surface area contributed by atoms with Crippen molar-refractivity contribution < 1.29 is 0 Å². The van der Waals surface area contributed by atoms with Gasteiger partial charge in [0, 0.05) is 12.1 Å². The van der Waals surface area contributed by atoms with Crippen molar-refractivity contribution >= 4 is 0 Å². The molecule has 3 N–H and O–H groups in total. The standard InChI is InChI=1S/2C7H15N/c1-8-7-5-3-2-4-6-7;8-7-5-3-1-2-4-6-7/h7-8H,2-6H2,1H3;7H,1-6,8H2. The van der Waals surface area contributed by atoms with Gasteiger partial charge in [0.15, 0.2) is 0 Å². The Morgan fingerprint density at radius 2 is 1.19 bits per heavy atom. The molecule has 2 aliphatic rings. The summed E-state index contributed by atoms with van der Waals surface area (Å²) in [6.07, 6.45) is 15.2. The number of nitrogens with one attached hydrogen (secondary N) is 1. The highest BCUT2D eigenvalue weighted by molar-refractivity contribution is 4.69. The van der Waals surface area contributed by atoms with E-state index in [1.807, 2.05) is 0 Å². The van der Waals surface area contributed by atoms with Gasteiger partial charge in [-0.2, -0.15) is 0 Å². The van der Waals surface area contributed by atoms with E-state index >= 15 is 0 Å². The zero-order valence-corrected chi connectivity index (χ0v) is 11.0. The van der Waals surface area contributed by atoms with Gasteiger partial charge in [0.05, 0.1) is 0 Å². The molecule has 0 bridgehead atoms. The summed E-state index contributed by atoms with van der Waals surface area (Å²) in [5.41, 5.74) is 5.73. The minimum atomic E-state index is 0.525. The lowest BCUT2D eigenvalue weighted by molar-refractivity contribution is 0.394. The summed E-state index contributed by atoms with van der Waals surface area (Å²) in [6.45, 7) is 0. The smallest absolute Gasteiger partial charge is 0.00640 e. The van der Waals surface area contributed by atoms with Gasteiger partial charge in [-0.1, -0.05) is 44.9 Å². The van der Waals surface area contributed by atoms with E-state index in [9.17, 15) is 0 Å². The Hall–Kier alpha value is -0.0800. The topological polar surface area (TPSA) is 38.0 Å². The summed E-state index contributed by atoms with van der Waals surface area (Å²) in [7, 11) is 2.07. The van der Waals surface area contributed by atoms with Crippen LogP contribution < -0.4 is 11.1 Å². The summed E-state index contributed by atoms with van der Waals surface area (Å²) in [5.74, 6) is 0. The van der Waals surface area contributed by atoms with Crippen molar-refractivity contribution in [3.8, 4) is 0 Å². The third-order valence-corrected chi connectivity index (χ3v) is 3.91. The maximum Gasteiger partial charge on any atom is 0.00640 e.